The molecule has 0 amide bonds. The van der Waals surface area contributed by atoms with Crippen molar-refractivity contribution in [1.29, 1.82) is 0 Å². The zero-order valence-electron chi connectivity index (χ0n) is 9.30. The largest absolute Gasteiger partial charge is 0.247 e. The van der Waals surface area contributed by atoms with Gasteiger partial charge in [0, 0.05) is 5.92 Å². The van der Waals surface area contributed by atoms with Crippen molar-refractivity contribution in [2.75, 3.05) is 0 Å². The van der Waals surface area contributed by atoms with Gasteiger partial charge in [-0.3, -0.25) is 0 Å². The molecule has 0 bridgehead atoms. The average molecular weight is 220 g/mol. The van der Waals surface area contributed by atoms with Crippen molar-refractivity contribution in [3.05, 3.63) is 0 Å². The predicted octanol–water partition coefficient (Wildman–Crippen LogP) is 3.70. The smallest absolute Gasteiger partial charge is 0.109 e. The van der Waals surface area contributed by atoms with Crippen LogP contribution in [-0.2, 0) is 0 Å². The van der Waals surface area contributed by atoms with Crippen LogP contribution in [0.2, 0.25) is 0 Å². The standard InChI is InChI=1S/C12H19F3/c1-6-3-8-9(13)5-7(2)12(15)11(8)10(14)4-6/h6-12H,3-5H2,1-2H3. The van der Waals surface area contributed by atoms with Crippen LogP contribution in [-0.4, -0.2) is 18.5 Å². The molecule has 0 heterocycles. The lowest BCUT2D eigenvalue weighted by Gasteiger charge is -2.46. The van der Waals surface area contributed by atoms with Gasteiger partial charge >= 0.3 is 0 Å². The Morgan fingerprint density at radius 2 is 1.53 bits per heavy atom. The molecule has 0 aliphatic heterocycles. The third-order valence-electron chi connectivity index (χ3n) is 4.19. The molecule has 0 aromatic rings. The Bertz CT molecular complexity index is 231. The van der Waals surface area contributed by atoms with Gasteiger partial charge in [-0.25, -0.2) is 13.2 Å². The molecule has 0 nitrogen and oxygen atoms in total. The van der Waals surface area contributed by atoms with Gasteiger partial charge in [0.15, 0.2) is 0 Å². The summed E-state index contributed by atoms with van der Waals surface area (Å²) in [5.41, 5.74) is 0. The van der Waals surface area contributed by atoms with E-state index in [1.807, 2.05) is 6.92 Å². The van der Waals surface area contributed by atoms with Crippen LogP contribution < -0.4 is 0 Å². The number of hydrogen-bond acceptors (Lipinski definition) is 0. The molecule has 2 aliphatic carbocycles. The summed E-state index contributed by atoms with van der Waals surface area (Å²) < 4.78 is 41.4. The summed E-state index contributed by atoms with van der Waals surface area (Å²) in [6.07, 6.45) is -1.97. The van der Waals surface area contributed by atoms with E-state index >= 15 is 0 Å². The van der Waals surface area contributed by atoms with Crippen molar-refractivity contribution < 1.29 is 13.2 Å². The van der Waals surface area contributed by atoms with Crippen molar-refractivity contribution in [3.8, 4) is 0 Å². The second-order valence-electron chi connectivity index (χ2n) is 5.51. The Hall–Kier alpha value is -0.210. The lowest BCUT2D eigenvalue weighted by molar-refractivity contribution is -0.0729. The van der Waals surface area contributed by atoms with Crippen molar-refractivity contribution >= 4 is 0 Å². The maximum atomic E-state index is 13.9. The highest BCUT2D eigenvalue weighted by molar-refractivity contribution is 4.98. The van der Waals surface area contributed by atoms with E-state index in [-0.39, 0.29) is 24.2 Å². The third-order valence-corrected chi connectivity index (χ3v) is 4.19. The van der Waals surface area contributed by atoms with Gasteiger partial charge in [-0.2, -0.15) is 0 Å². The van der Waals surface area contributed by atoms with Gasteiger partial charge in [-0.1, -0.05) is 13.8 Å². The van der Waals surface area contributed by atoms with E-state index in [1.54, 1.807) is 6.92 Å². The summed E-state index contributed by atoms with van der Waals surface area (Å²) in [5, 5.41) is 0. The maximum absolute atomic E-state index is 13.9. The molecule has 0 saturated heterocycles. The molecule has 0 aromatic carbocycles. The normalized spacial score (nSPS) is 56.2. The minimum Gasteiger partial charge on any atom is -0.247 e. The summed E-state index contributed by atoms with van der Waals surface area (Å²) >= 11 is 0. The third kappa shape index (κ3) is 1.90. The highest BCUT2D eigenvalue weighted by Gasteiger charge is 2.50. The summed E-state index contributed by atoms with van der Waals surface area (Å²) in [6, 6.07) is 0. The Morgan fingerprint density at radius 1 is 0.867 bits per heavy atom. The van der Waals surface area contributed by atoms with Crippen LogP contribution in [0, 0.1) is 23.7 Å². The quantitative estimate of drug-likeness (QED) is 0.584. The molecule has 2 aliphatic rings. The Kier molecular flexibility index (Phi) is 3.00. The second-order valence-corrected chi connectivity index (χ2v) is 5.51. The van der Waals surface area contributed by atoms with E-state index in [9.17, 15) is 13.2 Å². The molecule has 2 rings (SSSR count). The van der Waals surface area contributed by atoms with Crippen LogP contribution in [0.5, 0.6) is 0 Å². The topological polar surface area (TPSA) is 0 Å². The van der Waals surface area contributed by atoms with Gasteiger partial charge in [0.1, 0.15) is 18.5 Å². The van der Waals surface area contributed by atoms with Crippen LogP contribution in [0.3, 0.4) is 0 Å². The van der Waals surface area contributed by atoms with E-state index in [1.165, 1.54) is 0 Å². The van der Waals surface area contributed by atoms with Crippen LogP contribution >= 0.6 is 0 Å². The van der Waals surface area contributed by atoms with E-state index < -0.39 is 24.4 Å². The molecule has 0 radical (unpaired) electrons. The van der Waals surface area contributed by atoms with Crippen molar-refractivity contribution in [2.45, 2.75) is 51.6 Å². The number of fused-ring (bicyclic) bond motifs is 1. The lowest BCUT2D eigenvalue weighted by atomic mass is 9.63. The molecule has 3 heteroatoms. The SMILES string of the molecule is CC1CC(F)C2C(F)C(C)CC(F)C2C1. The molecule has 88 valence electrons. The van der Waals surface area contributed by atoms with E-state index in [2.05, 4.69) is 0 Å². The molecule has 0 spiro atoms. The molecule has 7 atom stereocenters. The first kappa shape index (κ1) is 11.3. The van der Waals surface area contributed by atoms with Crippen LogP contribution in [0.4, 0.5) is 13.2 Å². The summed E-state index contributed by atoms with van der Waals surface area (Å²) in [4.78, 5) is 0. The molecule has 0 aromatic heterocycles. The maximum Gasteiger partial charge on any atom is 0.109 e. The zero-order chi connectivity index (χ0) is 11.2. The van der Waals surface area contributed by atoms with Crippen molar-refractivity contribution in [1.82, 2.24) is 0 Å². The number of hydrogen-bond donors (Lipinski definition) is 0. The average Bonchev–Trinajstić information content (AvgIpc) is 2.13. The van der Waals surface area contributed by atoms with Gasteiger partial charge in [-0.15, -0.1) is 0 Å². The molecule has 2 fully saturated rings. The fourth-order valence-corrected chi connectivity index (χ4v) is 3.39. The molecular formula is C12H19F3. The van der Waals surface area contributed by atoms with Crippen molar-refractivity contribution in [3.63, 3.8) is 0 Å². The van der Waals surface area contributed by atoms with Crippen molar-refractivity contribution in [2.24, 2.45) is 23.7 Å². The number of alkyl halides is 3. The zero-order valence-corrected chi connectivity index (χ0v) is 9.30. The Balaban J connectivity index is 2.18. The monoisotopic (exact) mass is 220 g/mol. The van der Waals surface area contributed by atoms with Gasteiger partial charge in [0.2, 0.25) is 0 Å². The first-order valence-corrected chi connectivity index (χ1v) is 5.93. The van der Waals surface area contributed by atoms with E-state index in [4.69, 9.17) is 0 Å². The predicted molar refractivity (Wildman–Crippen MR) is 53.8 cm³/mol. The lowest BCUT2D eigenvalue weighted by Crippen LogP contribution is -2.49. The minimum atomic E-state index is -1.15. The first-order valence-electron chi connectivity index (χ1n) is 5.93. The Labute approximate surface area is 89.2 Å². The Morgan fingerprint density at radius 3 is 2.20 bits per heavy atom. The van der Waals surface area contributed by atoms with E-state index in [0.717, 1.165) is 0 Å². The minimum absolute atomic E-state index is 0.195. The van der Waals surface area contributed by atoms with Crippen LogP contribution in [0.15, 0.2) is 0 Å². The summed E-state index contributed by atoms with van der Waals surface area (Å²) in [6.45, 7) is 3.62. The first-order chi connectivity index (χ1) is 7.00. The second kappa shape index (κ2) is 3.99. The summed E-state index contributed by atoms with van der Waals surface area (Å²) in [7, 11) is 0. The molecule has 0 N–H and O–H groups in total. The molecule has 7 unspecified atom stereocenters. The fraction of sp³-hybridized carbons (Fsp3) is 1.00. The highest BCUT2D eigenvalue weighted by Crippen LogP contribution is 2.48. The van der Waals surface area contributed by atoms with E-state index in [0.29, 0.717) is 12.8 Å². The van der Waals surface area contributed by atoms with Gasteiger partial charge < -0.3 is 0 Å². The molecular weight excluding hydrogens is 201 g/mol. The summed E-state index contributed by atoms with van der Waals surface area (Å²) in [5.74, 6) is -1.19. The van der Waals surface area contributed by atoms with Gasteiger partial charge in [0.05, 0.1) is 0 Å². The molecule has 15 heavy (non-hydrogen) atoms. The highest BCUT2D eigenvalue weighted by atomic mass is 19.2. The van der Waals surface area contributed by atoms with Crippen LogP contribution in [0.25, 0.3) is 0 Å². The van der Waals surface area contributed by atoms with Gasteiger partial charge in [-0.05, 0) is 37.0 Å². The molecule has 2 saturated carbocycles. The van der Waals surface area contributed by atoms with Crippen LogP contribution in [0.1, 0.15) is 33.1 Å². The number of rotatable bonds is 0. The number of halogens is 3. The fourth-order valence-electron chi connectivity index (χ4n) is 3.39. The van der Waals surface area contributed by atoms with Gasteiger partial charge in [0.25, 0.3) is 0 Å².